The lowest BCUT2D eigenvalue weighted by molar-refractivity contribution is 0.420. The smallest absolute Gasteiger partial charge is 0.173 e. The molecule has 4 heteroatoms. The zero-order valence-electron chi connectivity index (χ0n) is 7.62. The Morgan fingerprint density at radius 1 is 1.43 bits per heavy atom. The maximum atomic E-state index is 5.57. The Morgan fingerprint density at radius 3 is 3.21 bits per heavy atom. The SMILES string of the molecule is NCc1noc2c1CCc1occc1-2. The fourth-order valence-electron chi connectivity index (χ4n) is 1.95. The highest BCUT2D eigenvalue weighted by Gasteiger charge is 2.25. The lowest BCUT2D eigenvalue weighted by atomic mass is 9.95. The molecule has 0 fully saturated rings. The number of nitrogens with zero attached hydrogens (tertiary/aromatic N) is 1. The summed E-state index contributed by atoms with van der Waals surface area (Å²) >= 11 is 0. The van der Waals surface area contributed by atoms with E-state index < -0.39 is 0 Å². The van der Waals surface area contributed by atoms with E-state index in [0.717, 1.165) is 41.2 Å². The molecule has 0 saturated heterocycles. The molecule has 72 valence electrons. The van der Waals surface area contributed by atoms with Crippen LogP contribution in [0.3, 0.4) is 0 Å². The van der Waals surface area contributed by atoms with Gasteiger partial charge in [0, 0.05) is 18.5 Å². The molecule has 14 heavy (non-hydrogen) atoms. The monoisotopic (exact) mass is 190 g/mol. The number of hydrogen-bond acceptors (Lipinski definition) is 4. The van der Waals surface area contributed by atoms with E-state index in [9.17, 15) is 0 Å². The Labute approximate surface area is 80.7 Å². The summed E-state index contributed by atoms with van der Waals surface area (Å²) in [6, 6.07) is 1.92. The van der Waals surface area contributed by atoms with Crippen LogP contribution in [-0.2, 0) is 19.4 Å². The summed E-state index contributed by atoms with van der Waals surface area (Å²) in [4.78, 5) is 0. The van der Waals surface area contributed by atoms with E-state index in [0.29, 0.717) is 6.54 Å². The summed E-state index contributed by atoms with van der Waals surface area (Å²) in [5.74, 6) is 1.82. The second kappa shape index (κ2) is 2.72. The molecule has 0 spiro atoms. The fraction of sp³-hybridized carbons (Fsp3) is 0.300. The van der Waals surface area contributed by atoms with Crippen molar-refractivity contribution in [3.63, 3.8) is 0 Å². The molecule has 0 atom stereocenters. The van der Waals surface area contributed by atoms with Crippen molar-refractivity contribution < 1.29 is 8.94 Å². The minimum atomic E-state index is 0.437. The van der Waals surface area contributed by atoms with Gasteiger partial charge < -0.3 is 14.7 Å². The van der Waals surface area contributed by atoms with Crippen LogP contribution in [0.4, 0.5) is 0 Å². The zero-order valence-corrected chi connectivity index (χ0v) is 7.62. The average Bonchev–Trinajstić information content (AvgIpc) is 2.82. The van der Waals surface area contributed by atoms with Crippen molar-refractivity contribution in [1.29, 1.82) is 0 Å². The molecule has 1 aliphatic rings. The van der Waals surface area contributed by atoms with Crippen molar-refractivity contribution in [3.05, 3.63) is 29.3 Å². The van der Waals surface area contributed by atoms with Gasteiger partial charge in [0.1, 0.15) is 11.5 Å². The molecule has 0 saturated carbocycles. The predicted octanol–water partition coefficient (Wildman–Crippen LogP) is 1.49. The average molecular weight is 190 g/mol. The zero-order chi connectivity index (χ0) is 9.54. The van der Waals surface area contributed by atoms with E-state index in [1.165, 1.54) is 0 Å². The van der Waals surface area contributed by atoms with E-state index in [1.54, 1.807) is 6.26 Å². The molecule has 2 heterocycles. The van der Waals surface area contributed by atoms with Gasteiger partial charge in [-0.1, -0.05) is 5.16 Å². The molecule has 2 aromatic heterocycles. The molecular formula is C10H10N2O2. The number of fused-ring (bicyclic) bond motifs is 3. The second-order valence-electron chi connectivity index (χ2n) is 3.40. The first kappa shape index (κ1) is 7.82. The van der Waals surface area contributed by atoms with Crippen LogP contribution in [0.25, 0.3) is 11.3 Å². The number of rotatable bonds is 1. The first-order valence-corrected chi connectivity index (χ1v) is 4.64. The predicted molar refractivity (Wildman–Crippen MR) is 49.5 cm³/mol. The summed E-state index contributed by atoms with van der Waals surface area (Å²) in [7, 11) is 0. The van der Waals surface area contributed by atoms with Gasteiger partial charge >= 0.3 is 0 Å². The van der Waals surface area contributed by atoms with Crippen LogP contribution in [0, 0.1) is 0 Å². The summed E-state index contributed by atoms with van der Waals surface area (Å²) < 4.78 is 10.6. The standard InChI is InChI=1S/C10H10N2O2/c11-5-8-6-1-2-9-7(3-4-13-9)10(6)14-12-8/h3-4H,1-2,5,11H2. The normalized spacial score (nSPS) is 13.8. The van der Waals surface area contributed by atoms with E-state index in [-0.39, 0.29) is 0 Å². The molecule has 2 aromatic rings. The molecule has 2 N–H and O–H groups in total. The third-order valence-corrected chi connectivity index (χ3v) is 2.66. The van der Waals surface area contributed by atoms with Crippen LogP contribution in [0.5, 0.6) is 0 Å². The lowest BCUT2D eigenvalue weighted by Crippen LogP contribution is -2.05. The molecule has 1 aliphatic carbocycles. The molecule has 0 radical (unpaired) electrons. The summed E-state index contributed by atoms with van der Waals surface area (Å²) in [5.41, 5.74) is 8.60. The largest absolute Gasteiger partial charge is 0.469 e. The highest BCUT2D eigenvalue weighted by Crippen LogP contribution is 2.35. The third-order valence-electron chi connectivity index (χ3n) is 2.66. The quantitative estimate of drug-likeness (QED) is 0.739. The molecule has 0 aromatic carbocycles. The topological polar surface area (TPSA) is 65.2 Å². The Bertz CT molecular complexity index is 470. The van der Waals surface area contributed by atoms with Gasteiger partial charge in [-0.25, -0.2) is 0 Å². The molecule has 0 unspecified atom stereocenters. The lowest BCUT2D eigenvalue weighted by Gasteiger charge is -2.08. The van der Waals surface area contributed by atoms with E-state index in [4.69, 9.17) is 14.7 Å². The first-order valence-electron chi connectivity index (χ1n) is 4.64. The molecule has 0 aliphatic heterocycles. The van der Waals surface area contributed by atoms with Crippen molar-refractivity contribution in [2.24, 2.45) is 5.73 Å². The van der Waals surface area contributed by atoms with Gasteiger partial charge in [-0.15, -0.1) is 0 Å². The highest BCUT2D eigenvalue weighted by molar-refractivity contribution is 5.66. The summed E-state index contributed by atoms with van der Waals surface area (Å²) in [6.07, 6.45) is 3.50. The van der Waals surface area contributed by atoms with Gasteiger partial charge in [0.05, 0.1) is 11.8 Å². The van der Waals surface area contributed by atoms with Gasteiger partial charge in [-0.2, -0.15) is 0 Å². The number of aromatic nitrogens is 1. The van der Waals surface area contributed by atoms with Crippen molar-refractivity contribution in [2.45, 2.75) is 19.4 Å². The van der Waals surface area contributed by atoms with Crippen molar-refractivity contribution in [1.82, 2.24) is 5.16 Å². The molecule has 0 bridgehead atoms. The molecule has 4 nitrogen and oxygen atoms in total. The first-order chi connectivity index (χ1) is 6.90. The van der Waals surface area contributed by atoms with E-state index >= 15 is 0 Å². The summed E-state index contributed by atoms with van der Waals surface area (Å²) in [6.45, 7) is 0.437. The minimum absolute atomic E-state index is 0.437. The van der Waals surface area contributed by atoms with Crippen LogP contribution < -0.4 is 5.73 Å². The maximum Gasteiger partial charge on any atom is 0.173 e. The molecule has 0 amide bonds. The fourth-order valence-corrected chi connectivity index (χ4v) is 1.95. The van der Waals surface area contributed by atoms with Crippen molar-refractivity contribution in [2.75, 3.05) is 0 Å². The van der Waals surface area contributed by atoms with Crippen LogP contribution >= 0.6 is 0 Å². The number of hydrogen-bond donors (Lipinski definition) is 1. The second-order valence-corrected chi connectivity index (χ2v) is 3.40. The van der Waals surface area contributed by atoms with Crippen molar-refractivity contribution in [3.8, 4) is 11.3 Å². The van der Waals surface area contributed by atoms with Gasteiger partial charge in [-0.05, 0) is 12.5 Å². The molecular weight excluding hydrogens is 180 g/mol. The Hall–Kier alpha value is -1.55. The van der Waals surface area contributed by atoms with Crippen LogP contribution in [0.1, 0.15) is 17.0 Å². The number of aryl methyl sites for hydroxylation is 1. The van der Waals surface area contributed by atoms with Gasteiger partial charge in [0.15, 0.2) is 5.76 Å². The van der Waals surface area contributed by atoms with Gasteiger partial charge in [0.2, 0.25) is 0 Å². The Kier molecular flexibility index (Phi) is 1.52. The number of nitrogens with two attached hydrogens (primary N) is 1. The Morgan fingerprint density at radius 2 is 2.36 bits per heavy atom. The van der Waals surface area contributed by atoms with Gasteiger partial charge in [0.25, 0.3) is 0 Å². The molecule has 3 rings (SSSR count). The van der Waals surface area contributed by atoms with Crippen molar-refractivity contribution >= 4 is 0 Å². The summed E-state index contributed by atoms with van der Waals surface area (Å²) in [5, 5.41) is 3.95. The van der Waals surface area contributed by atoms with Crippen LogP contribution in [0.2, 0.25) is 0 Å². The van der Waals surface area contributed by atoms with E-state index in [1.807, 2.05) is 6.07 Å². The van der Waals surface area contributed by atoms with E-state index in [2.05, 4.69) is 5.16 Å². The maximum absolute atomic E-state index is 5.57. The Balaban J connectivity index is 2.22. The van der Waals surface area contributed by atoms with Crippen LogP contribution in [-0.4, -0.2) is 5.16 Å². The third kappa shape index (κ3) is 0.886. The van der Waals surface area contributed by atoms with Crippen LogP contribution in [0.15, 0.2) is 21.3 Å². The van der Waals surface area contributed by atoms with Gasteiger partial charge in [-0.3, -0.25) is 0 Å². The highest BCUT2D eigenvalue weighted by atomic mass is 16.5. The minimum Gasteiger partial charge on any atom is -0.469 e. The number of furan rings is 1.